The molecule has 0 radical (unpaired) electrons. The van der Waals surface area contributed by atoms with Crippen LogP contribution < -0.4 is 5.69 Å². The number of alkyl halides is 2. The van der Waals surface area contributed by atoms with Gasteiger partial charge >= 0.3 is 12.1 Å². The fraction of sp³-hybridized carbons (Fsp3) is 0.273. The fourth-order valence-electron chi connectivity index (χ4n) is 1.79. The van der Waals surface area contributed by atoms with Crippen LogP contribution in [0.3, 0.4) is 0 Å². The van der Waals surface area contributed by atoms with Gasteiger partial charge in [-0.15, -0.1) is 0 Å². The molecule has 0 aliphatic carbocycles. The van der Waals surface area contributed by atoms with Gasteiger partial charge in [0, 0.05) is 19.7 Å². The maximum absolute atomic E-state index is 12.3. The average Bonchev–Trinajstić information content (AvgIpc) is 2.53. The van der Waals surface area contributed by atoms with Gasteiger partial charge in [0.2, 0.25) is 5.78 Å². The average molecular weight is 240 g/mol. The van der Waals surface area contributed by atoms with Gasteiger partial charge in [0.15, 0.2) is 0 Å². The number of carbonyl (C=O) groups excluding carboxylic acids is 1. The number of benzene rings is 1. The van der Waals surface area contributed by atoms with Crippen molar-refractivity contribution in [3.8, 4) is 0 Å². The highest BCUT2D eigenvalue weighted by Gasteiger charge is 2.19. The van der Waals surface area contributed by atoms with E-state index in [1.807, 2.05) is 0 Å². The molecule has 0 spiro atoms. The Morgan fingerprint density at radius 3 is 2.35 bits per heavy atom. The minimum atomic E-state index is -3.03. The molecule has 0 fully saturated rings. The Morgan fingerprint density at radius 2 is 1.76 bits per heavy atom. The number of halogens is 2. The zero-order valence-corrected chi connectivity index (χ0v) is 9.28. The summed E-state index contributed by atoms with van der Waals surface area (Å²) in [6.45, 7) is 0. The minimum Gasteiger partial charge on any atom is -0.295 e. The first kappa shape index (κ1) is 11.5. The summed E-state index contributed by atoms with van der Waals surface area (Å²) in [7, 11) is 3.11. The van der Waals surface area contributed by atoms with Gasteiger partial charge in [0.05, 0.1) is 11.0 Å². The van der Waals surface area contributed by atoms with Crippen LogP contribution in [0.5, 0.6) is 0 Å². The number of fused-ring (bicyclic) bond motifs is 1. The summed E-state index contributed by atoms with van der Waals surface area (Å²) in [6, 6.07) is 4.11. The van der Waals surface area contributed by atoms with Crippen molar-refractivity contribution in [3.63, 3.8) is 0 Å². The van der Waals surface area contributed by atoms with Crippen LogP contribution in [-0.2, 0) is 14.1 Å². The van der Waals surface area contributed by atoms with Gasteiger partial charge in [-0.05, 0) is 18.2 Å². The number of hydrogen-bond acceptors (Lipinski definition) is 2. The first-order valence-corrected chi connectivity index (χ1v) is 4.91. The van der Waals surface area contributed by atoms with Gasteiger partial charge in [0.25, 0.3) is 0 Å². The van der Waals surface area contributed by atoms with E-state index in [0.29, 0.717) is 11.0 Å². The van der Waals surface area contributed by atoms with E-state index in [-0.39, 0.29) is 11.3 Å². The Kier molecular flexibility index (Phi) is 2.57. The molecule has 0 atom stereocenters. The molecule has 0 bridgehead atoms. The Morgan fingerprint density at radius 1 is 1.18 bits per heavy atom. The molecule has 0 aliphatic rings. The molecule has 4 nitrogen and oxygen atoms in total. The molecule has 6 heteroatoms. The van der Waals surface area contributed by atoms with Crippen molar-refractivity contribution in [2.45, 2.75) is 6.43 Å². The normalized spacial score (nSPS) is 11.4. The molecule has 1 aromatic heterocycles. The van der Waals surface area contributed by atoms with Crippen molar-refractivity contribution in [1.82, 2.24) is 9.13 Å². The molecule has 2 rings (SSSR count). The molecule has 0 amide bonds. The molecule has 0 saturated carbocycles. The number of aromatic nitrogens is 2. The summed E-state index contributed by atoms with van der Waals surface area (Å²) < 4.78 is 27.3. The van der Waals surface area contributed by atoms with Crippen LogP contribution in [0, 0.1) is 0 Å². The van der Waals surface area contributed by atoms with Gasteiger partial charge < -0.3 is 0 Å². The van der Waals surface area contributed by atoms with Gasteiger partial charge in [-0.25, -0.2) is 13.6 Å². The van der Waals surface area contributed by atoms with Crippen LogP contribution in [0.15, 0.2) is 23.0 Å². The van der Waals surface area contributed by atoms with Crippen LogP contribution >= 0.6 is 0 Å². The fourth-order valence-corrected chi connectivity index (χ4v) is 1.79. The maximum Gasteiger partial charge on any atom is 0.328 e. The summed E-state index contributed by atoms with van der Waals surface area (Å²) in [5, 5.41) is 0. The molecule has 0 saturated heterocycles. The summed E-state index contributed by atoms with van der Waals surface area (Å²) in [5.74, 6) is -1.23. The monoisotopic (exact) mass is 240 g/mol. The lowest BCUT2D eigenvalue weighted by Crippen LogP contribution is -2.19. The van der Waals surface area contributed by atoms with E-state index in [1.54, 1.807) is 7.05 Å². The second-order valence-corrected chi connectivity index (χ2v) is 3.77. The lowest BCUT2D eigenvalue weighted by atomic mass is 10.1. The van der Waals surface area contributed by atoms with E-state index in [9.17, 15) is 18.4 Å². The van der Waals surface area contributed by atoms with E-state index >= 15 is 0 Å². The zero-order chi connectivity index (χ0) is 12.7. The standard InChI is InChI=1S/C11H10F2N2O2/c1-14-7-4-3-6(9(16)10(12)13)5-8(7)15(2)11(14)17/h3-5,10H,1-2H3. The predicted molar refractivity (Wildman–Crippen MR) is 58.5 cm³/mol. The highest BCUT2D eigenvalue weighted by molar-refractivity contribution is 6.00. The SMILES string of the molecule is Cn1c(=O)n(C)c2cc(C(=O)C(F)F)ccc21. The molecule has 0 unspecified atom stereocenters. The number of Topliss-reactive ketones (excluding diaryl/α,β-unsaturated/α-hetero) is 1. The highest BCUT2D eigenvalue weighted by atomic mass is 19.3. The Balaban J connectivity index is 2.71. The predicted octanol–water partition coefficient (Wildman–Crippen LogP) is 1.32. The number of hydrogen-bond donors (Lipinski definition) is 0. The first-order chi connectivity index (χ1) is 7.93. The second kappa shape index (κ2) is 3.80. The second-order valence-electron chi connectivity index (χ2n) is 3.77. The first-order valence-electron chi connectivity index (χ1n) is 4.91. The maximum atomic E-state index is 12.3. The van der Waals surface area contributed by atoms with Crippen LogP contribution in [0.25, 0.3) is 11.0 Å². The minimum absolute atomic E-state index is 0.0892. The highest BCUT2D eigenvalue weighted by Crippen LogP contribution is 2.16. The van der Waals surface area contributed by atoms with Crippen LogP contribution in [-0.4, -0.2) is 21.3 Å². The molecule has 0 aliphatic heterocycles. The Hall–Kier alpha value is -1.98. The summed E-state index contributed by atoms with van der Waals surface area (Å²) in [5.41, 5.74) is 0.711. The van der Waals surface area contributed by atoms with Crippen molar-refractivity contribution in [3.05, 3.63) is 34.2 Å². The molecular weight excluding hydrogens is 230 g/mol. The Labute approximate surface area is 95.1 Å². The summed E-state index contributed by atoms with van der Waals surface area (Å²) in [6.07, 6.45) is -3.03. The summed E-state index contributed by atoms with van der Waals surface area (Å²) >= 11 is 0. The topological polar surface area (TPSA) is 44.0 Å². The molecule has 1 heterocycles. The molecular formula is C11H10F2N2O2. The van der Waals surface area contributed by atoms with Gasteiger partial charge in [0.1, 0.15) is 0 Å². The van der Waals surface area contributed by atoms with Crippen LogP contribution in [0.1, 0.15) is 10.4 Å². The van der Waals surface area contributed by atoms with E-state index in [4.69, 9.17) is 0 Å². The van der Waals surface area contributed by atoms with E-state index in [2.05, 4.69) is 0 Å². The number of aryl methyl sites for hydroxylation is 2. The van der Waals surface area contributed by atoms with Crippen LogP contribution in [0.2, 0.25) is 0 Å². The largest absolute Gasteiger partial charge is 0.328 e. The Bertz CT molecular complexity index is 655. The smallest absolute Gasteiger partial charge is 0.295 e. The van der Waals surface area contributed by atoms with Crippen molar-refractivity contribution < 1.29 is 13.6 Å². The zero-order valence-electron chi connectivity index (χ0n) is 9.28. The molecule has 17 heavy (non-hydrogen) atoms. The molecule has 1 aromatic carbocycles. The van der Waals surface area contributed by atoms with Crippen molar-refractivity contribution in [2.75, 3.05) is 0 Å². The van der Waals surface area contributed by atoms with Crippen molar-refractivity contribution >= 4 is 16.8 Å². The molecule has 2 aromatic rings. The number of ketones is 1. The van der Waals surface area contributed by atoms with E-state index < -0.39 is 12.2 Å². The number of imidazole rings is 1. The van der Waals surface area contributed by atoms with Gasteiger partial charge in [-0.3, -0.25) is 13.9 Å². The third kappa shape index (κ3) is 1.65. The van der Waals surface area contributed by atoms with Gasteiger partial charge in [-0.1, -0.05) is 0 Å². The lowest BCUT2D eigenvalue weighted by Gasteiger charge is -2.01. The molecule has 0 N–H and O–H groups in total. The van der Waals surface area contributed by atoms with Crippen molar-refractivity contribution in [1.29, 1.82) is 0 Å². The third-order valence-electron chi connectivity index (χ3n) is 2.75. The van der Waals surface area contributed by atoms with E-state index in [0.717, 1.165) is 0 Å². The number of nitrogens with zero attached hydrogens (tertiary/aromatic N) is 2. The van der Waals surface area contributed by atoms with E-state index in [1.165, 1.54) is 34.4 Å². The number of rotatable bonds is 2. The number of carbonyl (C=O) groups is 1. The summed E-state index contributed by atoms with van der Waals surface area (Å²) in [4.78, 5) is 22.7. The third-order valence-corrected chi connectivity index (χ3v) is 2.75. The molecule has 90 valence electrons. The van der Waals surface area contributed by atoms with Gasteiger partial charge in [-0.2, -0.15) is 0 Å². The van der Waals surface area contributed by atoms with Crippen LogP contribution in [0.4, 0.5) is 8.78 Å². The quantitative estimate of drug-likeness (QED) is 0.743. The van der Waals surface area contributed by atoms with Crippen molar-refractivity contribution in [2.24, 2.45) is 14.1 Å². The lowest BCUT2D eigenvalue weighted by molar-refractivity contribution is 0.0679.